The van der Waals surface area contributed by atoms with Crippen LogP contribution in [-0.4, -0.2) is 23.5 Å². The topological polar surface area (TPSA) is 92.4 Å². The number of carboxylic acids is 1. The molecule has 0 radical (unpaired) electrons. The van der Waals surface area contributed by atoms with Crippen LogP contribution in [0.5, 0.6) is 0 Å². The Kier molecular flexibility index (Phi) is 6.46. The fourth-order valence-corrected chi connectivity index (χ4v) is 1.56. The van der Waals surface area contributed by atoms with Gasteiger partial charge in [0.1, 0.15) is 0 Å². The first-order valence-corrected chi connectivity index (χ1v) is 6.52. The van der Waals surface area contributed by atoms with Crippen molar-refractivity contribution < 1.29 is 14.7 Å². The SMILES string of the molecule is CC(CN)CCC(=O)Nc1ccc(/C=C/C(=O)O)cc1. The molecule has 0 spiro atoms. The van der Waals surface area contributed by atoms with Gasteiger partial charge in [-0.25, -0.2) is 4.79 Å². The van der Waals surface area contributed by atoms with Crippen LogP contribution in [0.4, 0.5) is 5.69 Å². The van der Waals surface area contributed by atoms with E-state index in [2.05, 4.69) is 5.32 Å². The molecule has 1 aromatic carbocycles. The van der Waals surface area contributed by atoms with Crippen LogP contribution in [-0.2, 0) is 9.59 Å². The van der Waals surface area contributed by atoms with Gasteiger partial charge in [0.05, 0.1) is 0 Å². The van der Waals surface area contributed by atoms with Gasteiger partial charge in [0.25, 0.3) is 0 Å². The molecule has 1 rings (SSSR count). The normalized spacial score (nSPS) is 12.3. The lowest BCUT2D eigenvalue weighted by Crippen LogP contribution is -2.16. The van der Waals surface area contributed by atoms with E-state index in [1.807, 2.05) is 6.92 Å². The maximum Gasteiger partial charge on any atom is 0.328 e. The Hall–Kier alpha value is -2.14. The molecule has 5 heteroatoms. The second-order valence-electron chi connectivity index (χ2n) is 4.72. The van der Waals surface area contributed by atoms with Gasteiger partial charge in [-0.15, -0.1) is 0 Å². The first-order chi connectivity index (χ1) is 9.51. The van der Waals surface area contributed by atoms with Crippen LogP contribution in [0.15, 0.2) is 30.3 Å². The molecule has 0 saturated carbocycles. The Morgan fingerprint density at radius 2 is 2.00 bits per heavy atom. The lowest BCUT2D eigenvalue weighted by molar-refractivity contribution is -0.131. The zero-order chi connectivity index (χ0) is 15.0. The van der Waals surface area contributed by atoms with Gasteiger partial charge in [0.2, 0.25) is 5.91 Å². The summed E-state index contributed by atoms with van der Waals surface area (Å²) in [5.74, 6) is -0.695. The van der Waals surface area contributed by atoms with Crippen molar-refractivity contribution >= 4 is 23.6 Å². The van der Waals surface area contributed by atoms with E-state index in [-0.39, 0.29) is 5.91 Å². The number of benzene rings is 1. The van der Waals surface area contributed by atoms with E-state index in [9.17, 15) is 9.59 Å². The molecule has 4 N–H and O–H groups in total. The summed E-state index contributed by atoms with van der Waals surface area (Å²) < 4.78 is 0. The van der Waals surface area contributed by atoms with Gasteiger partial charge in [-0.2, -0.15) is 0 Å². The standard InChI is InChI=1S/C15H20N2O3/c1-11(10-16)2-8-14(18)17-13-6-3-12(4-7-13)5-9-15(19)20/h3-7,9,11H,2,8,10,16H2,1H3,(H,17,18)(H,19,20)/b9-5+. The number of carbonyl (C=O) groups is 2. The average Bonchev–Trinajstić information content (AvgIpc) is 2.44. The van der Waals surface area contributed by atoms with Crippen LogP contribution < -0.4 is 11.1 Å². The summed E-state index contributed by atoms with van der Waals surface area (Å²) in [5, 5.41) is 11.3. The van der Waals surface area contributed by atoms with E-state index < -0.39 is 5.97 Å². The van der Waals surface area contributed by atoms with Crippen molar-refractivity contribution in [2.45, 2.75) is 19.8 Å². The van der Waals surface area contributed by atoms with Gasteiger partial charge in [0.15, 0.2) is 0 Å². The molecular formula is C15H20N2O3. The highest BCUT2D eigenvalue weighted by Gasteiger charge is 2.05. The number of nitrogens with one attached hydrogen (secondary N) is 1. The van der Waals surface area contributed by atoms with Crippen molar-refractivity contribution in [3.8, 4) is 0 Å². The molecular weight excluding hydrogens is 256 g/mol. The van der Waals surface area contributed by atoms with Gasteiger partial charge in [-0.05, 0) is 42.7 Å². The molecule has 1 aromatic rings. The molecule has 0 aliphatic rings. The van der Waals surface area contributed by atoms with Gasteiger partial charge >= 0.3 is 5.97 Å². The van der Waals surface area contributed by atoms with Crippen molar-refractivity contribution in [1.82, 2.24) is 0 Å². The number of carboxylic acid groups (broad SMARTS) is 1. The average molecular weight is 276 g/mol. The van der Waals surface area contributed by atoms with Crippen molar-refractivity contribution in [3.63, 3.8) is 0 Å². The van der Waals surface area contributed by atoms with Gasteiger partial charge in [-0.1, -0.05) is 19.1 Å². The largest absolute Gasteiger partial charge is 0.478 e. The van der Waals surface area contributed by atoms with Crippen LogP contribution in [0.2, 0.25) is 0 Å². The molecule has 108 valence electrons. The fraction of sp³-hybridized carbons (Fsp3) is 0.333. The number of carbonyl (C=O) groups excluding carboxylic acids is 1. The lowest BCUT2D eigenvalue weighted by atomic mass is 10.1. The first-order valence-electron chi connectivity index (χ1n) is 6.52. The summed E-state index contributed by atoms with van der Waals surface area (Å²) in [7, 11) is 0. The van der Waals surface area contributed by atoms with E-state index in [1.54, 1.807) is 24.3 Å². The molecule has 5 nitrogen and oxygen atoms in total. The van der Waals surface area contributed by atoms with Crippen molar-refractivity contribution in [3.05, 3.63) is 35.9 Å². The third-order valence-corrected chi connectivity index (χ3v) is 2.88. The minimum Gasteiger partial charge on any atom is -0.478 e. The third kappa shape index (κ3) is 6.15. The van der Waals surface area contributed by atoms with Crippen LogP contribution in [0.3, 0.4) is 0 Å². The van der Waals surface area contributed by atoms with Crippen LogP contribution in [0.25, 0.3) is 6.08 Å². The van der Waals surface area contributed by atoms with Crippen LogP contribution in [0.1, 0.15) is 25.3 Å². The third-order valence-electron chi connectivity index (χ3n) is 2.88. The quantitative estimate of drug-likeness (QED) is 0.665. The number of aliphatic carboxylic acids is 1. The van der Waals surface area contributed by atoms with Gasteiger partial charge in [-0.3, -0.25) is 4.79 Å². The van der Waals surface area contributed by atoms with E-state index >= 15 is 0 Å². The number of hydrogen-bond donors (Lipinski definition) is 3. The number of hydrogen-bond acceptors (Lipinski definition) is 3. The first kappa shape index (κ1) is 15.9. The molecule has 0 aliphatic heterocycles. The highest BCUT2D eigenvalue weighted by atomic mass is 16.4. The summed E-state index contributed by atoms with van der Waals surface area (Å²) in [6.07, 6.45) is 3.78. The summed E-state index contributed by atoms with van der Waals surface area (Å²) in [4.78, 5) is 22.1. The molecule has 0 bridgehead atoms. The summed E-state index contributed by atoms with van der Waals surface area (Å²) in [5.41, 5.74) is 6.96. The summed E-state index contributed by atoms with van der Waals surface area (Å²) >= 11 is 0. The number of nitrogens with two attached hydrogens (primary N) is 1. The molecule has 0 heterocycles. The van der Waals surface area contributed by atoms with E-state index in [4.69, 9.17) is 10.8 Å². The monoisotopic (exact) mass is 276 g/mol. The van der Waals surface area contributed by atoms with Crippen molar-refractivity contribution in [2.24, 2.45) is 11.7 Å². The van der Waals surface area contributed by atoms with E-state index in [1.165, 1.54) is 6.08 Å². The highest BCUT2D eigenvalue weighted by molar-refractivity contribution is 5.91. The zero-order valence-electron chi connectivity index (χ0n) is 11.5. The number of rotatable bonds is 7. The predicted octanol–water partition coefficient (Wildman–Crippen LogP) is 2.10. The maximum absolute atomic E-state index is 11.7. The summed E-state index contributed by atoms with van der Waals surface area (Å²) in [6.45, 7) is 2.59. The smallest absolute Gasteiger partial charge is 0.328 e. The Balaban J connectivity index is 2.48. The lowest BCUT2D eigenvalue weighted by Gasteiger charge is -2.08. The number of anilines is 1. The Labute approximate surface area is 118 Å². The molecule has 0 aromatic heterocycles. The molecule has 0 aliphatic carbocycles. The molecule has 1 amide bonds. The van der Waals surface area contributed by atoms with E-state index in [0.717, 1.165) is 18.1 Å². The molecule has 0 saturated heterocycles. The molecule has 20 heavy (non-hydrogen) atoms. The van der Waals surface area contributed by atoms with E-state index in [0.29, 0.717) is 24.6 Å². The Morgan fingerprint density at radius 3 is 2.55 bits per heavy atom. The molecule has 1 atom stereocenters. The zero-order valence-corrected chi connectivity index (χ0v) is 11.5. The molecule has 0 fully saturated rings. The van der Waals surface area contributed by atoms with Crippen LogP contribution >= 0.6 is 0 Å². The van der Waals surface area contributed by atoms with Gasteiger partial charge < -0.3 is 16.2 Å². The minimum atomic E-state index is -0.989. The summed E-state index contributed by atoms with van der Waals surface area (Å²) in [6, 6.07) is 6.98. The van der Waals surface area contributed by atoms with Crippen molar-refractivity contribution in [2.75, 3.05) is 11.9 Å². The second kappa shape index (κ2) is 8.12. The Bertz CT molecular complexity index is 480. The van der Waals surface area contributed by atoms with Crippen LogP contribution in [0, 0.1) is 5.92 Å². The Morgan fingerprint density at radius 1 is 1.35 bits per heavy atom. The predicted molar refractivity (Wildman–Crippen MR) is 79.2 cm³/mol. The second-order valence-corrected chi connectivity index (χ2v) is 4.72. The number of amides is 1. The minimum absolute atomic E-state index is 0.0425. The highest BCUT2D eigenvalue weighted by Crippen LogP contribution is 2.12. The van der Waals surface area contributed by atoms with Gasteiger partial charge in [0, 0.05) is 18.2 Å². The maximum atomic E-state index is 11.7. The van der Waals surface area contributed by atoms with Crippen molar-refractivity contribution in [1.29, 1.82) is 0 Å². The fourth-order valence-electron chi connectivity index (χ4n) is 1.56. The molecule has 1 unspecified atom stereocenters.